The SMILES string of the molecule is CS(=O)(=O)c1ccc2nc(-c3cncs3)nc(Cl)c2c1. The van der Waals surface area contributed by atoms with Crippen molar-refractivity contribution in [3.8, 4) is 10.7 Å². The lowest BCUT2D eigenvalue weighted by atomic mass is 10.2. The molecule has 0 saturated carbocycles. The van der Waals surface area contributed by atoms with E-state index < -0.39 is 9.84 Å². The van der Waals surface area contributed by atoms with Gasteiger partial charge in [-0.3, -0.25) is 4.98 Å². The molecule has 102 valence electrons. The van der Waals surface area contributed by atoms with E-state index in [0.717, 1.165) is 11.1 Å². The molecule has 0 aliphatic heterocycles. The van der Waals surface area contributed by atoms with Crippen LogP contribution in [0.25, 0.3) is 21.6 Å². The topological polar surface area (TPSA) is 72.8 Å². The summed E-state index contributed by atoms with van der Waals surface area (Å²) in [5.74, 6) is 0.483. The number of hydrogen-bond acceptors (Lipinski definition) is 6. The monoisotopic (exact) mass is 325 g/mol. The molecule has 1 aromatic carbocycles. The summed E-state index contributed by atoms with van der Waals surface area (Å²) < 4.78 is 23.1. The van der Waals surface area contributed by atoms with Crippen LogP contribution in [0.2, 0.25) is 5.15 Å². The molecule has 0 unspecified atom stereocenters. The molecule has 0 N–H and O–H groups in total. The Morgan fingerprint density at radius 3 is 2.70 bits per heavy atom. The van der Waals surface area contributed by atoms with Gasteiger partial charge >= 0.3 is 0 Å². The molecular weight excluding hydrogens is 318 g/mol. The smallest absolute Gasteiger partial charge is 0.175 e. The van der Waals surface area contributed by atoms with Gasteiger partial charge in [-0.25, -0.2) is 18.4 Å². The fourth-order valence-corrected chi connectivity index (χ4v) is 3.17. The van der Waals surface area contributed by atoms with Crippen LogP contribution in [-0.2, 0) is 9.84 Å². The van der Waals surface area contributed by atoms with Gasteiger partial charge in [0, 0.05) is 17.8 Å². The first-order valence-corrected chi connectivity index (χ1v) is 8.66. The predicted octanol–water partition coefficient (Wildman–Crippen LogP) is 2.81. The zero-order valence-electron chi connectivity index (χ0n) is 10.2. The van der Waals surface area contributed by atoms with Crippen molar-refractivity contribution in [2.75, 3.05) is 6.26 Å². The highest BCUT2D eigenvalue weighted by Crippen LogP contribution is 2.28. The fraction of sp³-hybridized carbons (Fsp3) is 0.0833. The Balaban J connectivity index is 2.25. The fourth-order valence-electron chi connectivity index (χ4n) is 1.74. The van der Waals surface area contributed by atoms with Crippen LogP contribution < -0.4 is 0 Å². The number of benzene rings is 1. The van der Waals surface area contributed by atoms with E-state index in [1.807, 2.05) is 0 Å². The third-order valence-corrected chi connectivity index (χ3v) is 4.87. The third-order valence-electron chi connectivity index (χ3n) is 2.70. The zero-order valence-corrected chi connectivity index (χ0v) is 12.6. The van der Waals surface area contributed by atoms with E-state index in [0.29, 0.717) is 16.7 Å². The largest absolute Gasteiger partial charge is 0.252 e. The highest BCUT2D eigenvalue weighted by molar-refractivity contribution is 7.90. The van der Waals surface area contributed by atoms with Gasteiger partial charge in [-0.15, -0.1) is 11.3 Å². The highest BCUT2D eigenvalue weighted by Gasteiger charge is 2.13. The van der Waals surface area contributed by atoms with Crippen molar-refractivity contribution in [2.24, 2.45) is 0 Å². The van der Waals surface area contributed by atoms with Gasteiger partial charge in [0.05, 0.1) is 20.8 Å². The molecule has 0 radical (unpaired) electrons. The molecule has 0 amide bonds. The van der Waals surface area contributed by atoms with Crippen molar-refractivity contribution in [2.45, 2.75) is 4.90 Å². The average molecular weight is 326 g/mol. The second-order valence-electron chi connectivity index (χ2n) is 4.15. The van der Waals surface area contributed by atoms with E-state index in [9.17, 15) is 8.42 Å². The molecule has 0 aliphatic rings. The summed E-state index contributed by atoms with van der Waals surface area (Å²) in [5, 5.41) is 0.742. The maximum atomic E-state index is 11.6. The van der Waals surface area contributed by atoms with Crippen LogP contribution in [0.4, 0.5) is 0 Å². The van der Waals surface area contributed by atoms with Crippen LogP contribution in [0.3, 0.4) is 0 Å². The average Bonchev–Trinajstić information content (AvgIpc) is 2.91. The molecule has 20 heavy (non-hydrogen) atoms. The van der Waals surface area contributed by atoms with Crippen molar-refractivity contribution in [1.82, 2.24) is 15.0 Å². The van der Waals surface area contributed by atoms with Gasteiger partial charge in [-0.1, -0.05) is 11.6 Å². The third kappa shape index (κ3) is 2.39. The molecule has 2 heterocycles. The maximum absolute atomic E-state index is 11.6. The Labute approximate surface area is 124 Å². The Morgan fingerprint density at radius 1 is 1.25 bits per heavy atom. The lowest BCUT2D eigenvalue weighted by Gasteiger charge is -2.04. The predicted molar refractivity (Wildman–Crippen MR) is 78.8 cm³/mol. The molecule has 2 aromatic heterocycles. The molecular formula is C12H8ClN3O2S2. The summed E-state index contributed by atoms with van der Waals surface area (Å²) in [5.41, 5.74) is 2.28. The van der Waals surface area contributed by atoms with Crippen LogP contribution in [0.5, 0.6) is 0 Å². The molecule has 0 fully saturated rings. The van der Waals surface area contributed by atoms with E-state index >= 15 is 0 Å². The van der Waals surface area contributed by atoms with Crippen LogP contribution in [0.1, 0.15) is 0 Å². The van der Waals surface area contributed by atoms with Crippen molar-refractivity contribution in [1.29, 1.82) is 0 Å². The summed E-state index contributed by atoms with van der Waals surface area (Å²) in [6, 6.07) is 4.63. The van der Waals surface area contributed by atoms with Crippen LogP contribution in [0, 0.1) is 0 Å². The number of aromatic nitrogens is 3. The number of hydrogen-bond donors (Lipinski definition) is 0. The van der Waals surface area contributed by atoms with Crippen molar-refractivity contribution in [3.05, 3.63) is 35.1 Å². The van der Waals surface area contributed by atoms with Crippen LogP contribution in [-0.4, -0.2) is 29.6 Å². The van der Waals surface area contributed by atoms with E-state index in [-0.39, 0.29) is 10.0 Å². The maximum Gasteiger partial charge on any atom is 0.175 e. The molecule has 5 nitrogen and oxygen atoms in total. The zero-order chi connectivity index (χ0) is 14.3. The number of rotatable bonds is 2. The second kappa shape index (κ2) is 4.76. The van der Waals surface area contributed by atoms with Gasteiger partial charge in [0.2, 0.25) is 0 Å². The van der Waals surface area contributed by atoms with E-state index in [4.69, 9.17) is 11.6 Å². The van der Waals surface area contributed by atoms with Gasteiger partial charge < -0.3 is 0 Å². The van der Waals surface area contributed by atoms with Gasteiger partial charge in [-0.05, 0) is 18.2 Å². The van der Waals surface area contributed by atoms with Gasteiger partial charge in [0.1, 0.15) is 5.15 Å². The first-order chi connectivity index (χ1) is 9.45. The standard InChI is InChI=1S/C12H8ClN3O2S2/c1-20(17,18)7-2-3-9-8(4-7)11(13)16-12(15-9)10-5-14-6-19-10/h2-6H,1H3. The summed E-state index contributed by atoms with van der Waals surface area (Å²) in [6.07, 6.45) is 2.81. The van der Waals surface area contributed by atoms with Gasteiger partial charge in [0.25, 0.3) is 0 Å². The minimum Gasteiger partial charge on any atom is -0.252 e. The molecule has 0 saturated heterocycles. The first-order valence-electron chi connectivity index (χ1n) is 5.51. The molecule has 0 atom stereocenters. The Bertz CT molecular complexity index is 892. The van der Waals surface area contributed by atoms with Gasteiger partial charge in [-0.2, -0.15) is 0 Å². The normalized spacial score (nSPS) is 11.9. The first kappa shape index (κ1) is 13.4. The lowest BCUT2D eigenvalue weighted by molar-refractivity contribution is 0.602. The van der Waals surface area contributed by atoms with Crippen LogP contribution >= 0.6 is 22.9 Å². The quantitative estimate of drug-likeness (QED) is 0.677. The van der Waals surface area contributed by atoms with Crippen molar-refractivity contribution in [3.63, 3.8) is 0 Å². The summed E-state index contributed by atoms with van der Waals surface area (Å²) >= 11 is 7.55. The molecule has 8 heteroatoms. The lowest BCUT2D eigenvalue weighted by Crippen LogP contribution is -1.98. The minimum atomic E-state index is -3.29. The second-order valence-corrected chi connectivity index (χ2v) is 7.41. The molecule has 3 aromatic rings. The van der Waals surface area contributed by atoms with Crippen molar-refractivity contribution < 1.29 is 8.42 Å². The number of fused-ring (bicyclic) bond motifs is 1. The summed E-state index contributed by atoms with van der Waals surface area (Å²) in [6.45, 7) is 0. The Hall–Kier alpha value is -1.57. The van der Waals surface area contributed by atoms with E-state index in [1.165, 1.54) is 23.5 Å². The highest BCUT2D eigenvalue weighted by atomic mass is 35.5. The molecule has 3 rings (SSSR count). The number of halogens is 1. The van der Waals surface area contributed by atoms with Crippen LogP contribution in [0.15, 0.2) is 34.8 Å². The summed E-state index contributed by atoms with van der Waals surface area (Å²) in [7, 11) is -3.29. The number of thiazole rings is 1. The van der Waals surface area contributed by atoms with Gasteiger partial charge in [0.15, 0.2) is 15.7 Å². The Morgan fingerprint density at radius 2 is 2.05 bits per heavy atom. The molecule has 0 bridgehead atoms. The van der Waals surface area contributed by atoms with Crippen molar-refractivity contribution >= 4 is 43.7 Å². The minimum absolute atomic E-state index is 0.195. The molecule has 0 aliphatic carbocycles. The van der Waals surface area contributed by atoms with E-state index in [2.05, 4.69) is 15.0 Å². The molecule has 0 spiro atoms. The Kier molecular flexibility index (Phi) is 3.19. The number of nitrogens with zero attached hydrogens (tertiary/aromatic N) is 3. The van der Waals surface area contributed by atoms with E-state index in [1.54, 1.807) is 17.8 Å². The summed E-state index contributed by atoms with van der Waals surface area (Å²) in [4.78, 5) is 13.6. The number of sulfone groups is 1.